The number of benzene rings is 1. The maximum atomic E-state index is 11.4. The van der Waals surface area contributed by atoms with Crippen LogP contribution in [0, 0.1) is 11.3 Å². The number of carbonyl (C=O) groups is 1. The molecule has 0 saturated heterocycles. The number of nitrogens with zero attached hydrogens (tertiary/aromatic N) is 1. The highest BCUT2D eigenvalue weighted by Gasteiger charge is 2.29. The number of nitrogens with two attached hydrogens (primary N) is 1. The van der Waals surface area contributed by atoms with Crippen LogP contribution in [-0.4, -0.2) is 18.6 Å². The highest BCUT2D eigenvalue weighted by Crippen LogP contribution is 2.13. The molecule has 0 fully saturated rings. The minimum absolute atomic E-state index is 0. The van der Waals surface area contributed by atoms with Gasteiger partial charge in [-0.3, -0.25) is 4.79 Å². The fourth-order valence-electron chi connectivity index (χ4n) is 1.48. The maximum absolute atomic E-state index is 11.4. The molecule has 1 aromatic rings. The quantitative estimate of drug-likeness (QED) is 0.828. The zero-order valence-corrected chi connectivity index (χ0v) is 10.6. The third-order valence-corrected chi connectivity index (χ3v) is 2.28. The first kappa shape index (κ1) is 15.4. The Kier molecular flexibility index (Phi) is 5.66. The van der Waals surface area contributed by atoms with E-state index in [-0.39, 0.29) is 12.4 Å². The molecule has 0 saturated carbocycles. The molecule has 17 heavy (non-hydrogen) atoms. The van der Waals surface area contributed by atoms with Gasteiger partial charge in [0.05, 0.1) is 18.7 Å². The first-order valence-electron chi connectivity index (χ1n) is 4.86. The van der Waals surface area contributed by atoms with Crippen molar-refractivity contribution in [2.45, 2.75) is 18.9 Å². The number of methoxy groups -OCH3 is 1. The fraction of sp³-hybridized carbons (Fsp3) is 0.333. The van der Waals surface area contributed by atoms with Crippen molar-refractivity contribution in [1.29, 1.82) is 5.26 Å². The zero-order chi connectivity index (χ0) is 12.2. The van der Waals surface area contributed by atoms with E-state index in [1.807, 2.05) is 12.1 Å². The van der Waals surface area contributed by atoms with Crippen LogP contribution in [0.2, 0.25) is 0 Å². The summed E-state index contributed by atoms with van der Waals surface area (Å²) in [6.07, 6.45) is 0.342. The summed E-state index contributed by atoms with van der Waals surface area (Å²) >= 11 is 0. The second-order valence-corrected chi connectivity index (χ2v) is 3.90. The largest absolute Gasteiger partial charge is 0.468 e. The average molecular weight is 255 g/mol. The number of halogens is 1. The molecule has 0 spiro atoms. The Morgan fingerprint density at radius 2 is 2.24 bits per heavy atom. The summed E-state index contributed by atoms with van der Waals surface area (Å²) in [6, 6.07) is 9.05. The van der Waals surface area contributed by atoms with Crippen molar-refractivity contribution in [2.24, 2.45) is 5.73 Å². The third-order valence-electron chi connectivity index (χ3n) is 2.28. The van der Waals surface area contributed by atoms with Crippen LogP contribution in [0.4, 0.5) is 0 Å². The monoisotopic (exact) mass is 254 g/mol. The van der Waals surface area contributed by atoms with Crippen LogP contribution < -0.4 is 5.73 Å². The van der Waals surface area contributed by atoms with E-state index >= 15 is 0 Å². The van der Waals surface area contributed by atoms with Gasteiger partial charge in [-0.2, -0.15) is 5.26 Å². The SMILES string of the molecule is COC(=O)[C@](C)(N)Cc1cccc(C#N)c1.Cl. The molecule has 5 heteroatoms. The predicted octanol–water partition coefficient (Wildman–Crippen LogP) is 1.41. The molecule has 0 aromatic heterocycles. The smallest absolute Gasteiger partial charge is 0.325 e. The zero-order valence-electron chi connectivity index (χ0n) is 9.77. The van der Waals surface area contributed by atoms with E-state index in [2.05, 4.69) is 4.74 Å². The van der Waals surface area contributed by atoms with Gasteiger partial charge >= 0.3 is 5.97 Å². The van der Waals surface area contributed by atoms with E-state index in [0.29, 0.717) is 12.0 Å². The number of rotatable bonds is 3. The fourth-order valence-corrected chi connectivity index (χ4v) is 1.48. The summed E-state index contributed by atoms with van der Waals surface area (Å²) < 4.78 is 4.61. The molecular formula is C12H15ClN2O2. The molecule has 0 unspecified atom stereocenters. The van der Waals surface area contributed by atoms with E-state index in [1.165, 1.54) is 7.11 Å². The van der Waals surface area contributed by atoms with Crippen LogP contribution >= 0.6 is 12.4 Å². The maximum Gasteiger partial charge on any atom is 0.325 e. The summed E-state index contributed by atoms with van der Waals surface area (Å²) in [6.45, 7) is 1.61. The summed E-state index contributed by atoms with van der Waals surface area (Å²) in [7, 11) is 1.30. The van der Waals surface area contributed by atoms with E-state index in [0.717, 1.165) is 5.56 Å². The Labute approximate surface area is 107 Å². The number of esters is 1. The lowest BCUT2D eigenvalue weighted by Crippen LogP contribution is -2.47. The molecular weight excluding hydrogens is 240 g/mol. The van der Waals surface area contributed by atoms with Crippen LogP contribution in [0.25, 0.3) is 0 Å². The Morgan fingerprint density at radius 3 is 2.76 bits per heavy atom. The van der Waals surface area contributed by atoms with Gasteiger partial charge < -0.3 is 10.5 Å². The summed E-state index contributed by atoms with van der Waals surface area (Å²) in [5.41, 5.74) is 6.17. The Morgan fingerprint density at radius 1 is 1.59 bits per heavy atom. The van der Waals surface area contributed by atoms with Crippen molar-refractivity contribution in [3.8, 4) is 6.07 Å². The molecule has 0 amide bonds. The van der Waals surface area contributed by atoms with Crippen LogP contribution in [0.3, 0.4) is 0 Å². The molecule has 0 aliphatic heterocycles. The van der Waals surface area contributed by atoms with Crippen LogP contribution in [0.15, 0.2) is 24.3 Å². The molecule has 0 aliphatic carbocycles. The van der Waals surface area contributed by atoms with Gasteiger partial charge in [-0.1, -0.05) is 12.1 Å². The van der Waals surface area contributed by atoms with E-state index < -0.39 is 11.5 Å². The molecule has 4 nitrogen and oxygen atoms in total. The van der Waals surface area contributed by atoms with E-state index in [4.69, 9.17) is 11.0 Å². The van der Waals surface area contributed by atoms with E-state index in [1.54, 1.807) is 25.1 Å². The molecule has 1 rings (SSSR count). The number of carbonyl (C=O) groups excluding carboxylic acids is 1. The highest BCUT2D eigenvalue weighted by molar-refractivity contribution is 5.85. The van der Waals surface area contributed by atoms with Crippen LogP contribution in [0.1, 0.15) is 18.1 Å². The third kappa shape index (κ3) is 4.06. The molecule has 0 aliphatic rings. The minimum Gasteiger partial charge on any atom is -0.468 e. The molecule has 0 bridgehead atoms. The molecule has 1 atom stereocenters. The number of nitriles is 1. The van der Waals surface area contributed by atoms with Gasteiger partial charge in [0.1, 0.15) is 5.54 Å². The number of ether oxygens (including phenoxy) is 1. The normalized spacial score (nSPS) is 12.8. The Hall–Kier alpha value is -1.57. The second kappa shape index (κ2) is 6.24. The van der Waals surface area contributed by atoms with Gasteiger partial charge in [0.15, 0.2) is 0 Å². The lowest BCUT2D eigenvalue weighted by atomic mass is 9.93. The topological polar surface area (TPSA) is 76.1 Å². The molecule has 92 valence electrons. The van der Waals surface area contributed by atoms with Crippen LogP contribution in [-0.2, 0) is 16.0 Å². The average Bonchev–Trinajstić information content (AvgIpc) is 2.27. The van der Waals surface area contributed by atoms with Crippen molar-refractivity contribution in [3.63, 3.8) is 0 Å². The number of hydrogen-bond acceptors (Lipinski definition) is 4. The lowest BCUT2D eigenvalue weighted by molar-refractivity contribution is -0.146. The Balaban J connectivity index is 0.00000256. The van der Waals surface area contributed by atoms with Gasteiger partial charge in [0.25, 0.3) is 0 Å². The van der Waals surface area contributed by atoms with Crippen molar-refractivity contribution in [2.75, 3.05) is 7.11 Å². The van der Waals surface area contributed by atoms with Gasteiger partial charge in [0, 0.05) is 6.42 Å². The summed E-state index contributed by atoms with van der Waals surface area (Å²) in [5.74, 6) is -0.463. The first-order chi connectivity index (χ1) is 7.49. The predicted molar refractivity (Wildman–Crippen MR) is 66.7 cm³/mol. The number of hydrogen-bond donors (Lipinski definition) is 1. The molecule has 0 radical (unpaired) electrons. The lowest BCUT2D eigenvalue weighted by Gasteiger charge is -2.21. The summed E-state index contributed by atoms with van der Waals surface area (Å²) in [5, 5.41) is 8.74. The van der Waals surface area contributed by atoms with Crippen molar-refractivity contribution < 1.29 is 9.53 Å². The van der Waals surface area contributed by atoms with Crippen molar-refractivity contribution in [1.82, 2.24) is 0 Å². The van der Waals surface area contributed by atoms with Gasteiger partial charge in [-0.25, -0.2) is 0 Å². The van der Waals surface area contributed by atoms with Crippen molar-refractivity contribution in [3.05, 3.63) is 35.4 Å². The first-order valence-corrected chi connectivity index (χ1v) is 4.86. The molecule has 2 N–H and O–H groups in total. The van der Waals surface area contributed by atoms with Crippen molar-refractivity contribution >= 4 is 18.4 Å². The summed E-state index contributed by atoms with van der Waals surface area (Å²) in [4.78, 5) is 11.4. The van der Waals surface area contributed by atoms with Gasteiger partial charge in [-0.15, -0.1) is 12.4 Å². The minimum atomic E-state index is -1.07. The molecule has 1 aromatic carbocycles. The van der Waals surface area contributed by atoms with Gasteiger partial charge in [-0.05, 0) is 24.6 Å². The van der Waals surface area contributed by atoms with Gasteiger partial charge in [0.2, 0.25) is 0 Å². The van der Waals surface area contributed by atoms with E-state index in [9.17, 15) is 4.79 Å². The molecule has 0 heterocycles. The Bertz CT molecular complexity index is 438. The second-order valence-electron chi connectivity index (χ2n) is 3.90. The standard InChI is InChI=1S/C12H14N2O2.ClH/c1-12(14,11(15)16-2)7-9-4-3-5-10(6-9)8-13;/h3-6H,7,14H2,1-2H3;1H/t12-;/m1./s1. The highest BCUT2D eigenvalue weighted by atomic mass is 35.5. The van der Waals surface area contributed by atoms with Crippen LogP contribution in [0.5, 0.6) is 0 Å².